The maximum Gasteiger partial charge on any atom is 0.293 e. The largest absolute Gasteiger partial charge is 0.495 e. The molecular weight excluding hydrogens is 834 g/mol. The van der Waals surface area contributed by atoms with Gasteiger partial charge in [-0.25, -0.2) is 9.98 Å². The summed E-state index contributed by atoms with van der Waals surface area (Å²) in [5.74, 6) is -3.86. The highest BCUT2D eigenvalue weighted by molar-refractivity contribution is 6.40. The van der Waals surface area contributed by atoms with Gasteiger partial charge >= 0.3 is 0 Å². The lowest BCUT2D eigenvalue weighted by molar-refractivity contribution is -0.384. The van der Waals surface area contributed by atoms with Crippen molar-refractivity contribution in [2.24, 2.45) is 9.98 Å². The average Bonchev–Trinajstić information content (AvgIpc) is 3.16. The average molecular weight is 866 g/mol. The Bertz CT molecular complexity index is 2260. The van der Waals surface area contributed by atoms with Crippen LogP contribution in [0, 0.1) is 34.1 Å². The predicted octanol–water partition coefficient (Wildman–Crippen LogP) is 10.7. The lowest BCUT2D eigenvalue weighted by Crippen LogP contribution is -2.48. The molecule has 298 valence electrons. The first kappa shape index (κ1) is 41.4. The predicted molar refractivity (Wildman–Crippen MR) is 215 cm³/mol. The highest BCUT2D eigenvalue weighted by atomic mass is 35.5. The molecule has 0 amide bonds. The van der Waals surface area contributed by atoms with Crippen molar-refractivity contribution in [2.75, 3.05) is 33.3 Å². The highest BCUT2D eigenvalue weighted by Crippen LogP contribution is 2.60. The van der Waals surface area contributed by atoms with E-state index in [0.717, 1.165) is 11.1 Å². The summed E-state index contributed by atoms with van der Waals surface area (Å²) in [5, 5.41) is 24.1. The molecule has 0 spiro atoms. The number of fused-ring (bicyclic) bond motifs is 1. The molecule has 0 N–H and O–H groups in total. The molecule has 6 rings (SSSR count). The van der Waals surface area contributed by atoms with Crippen molar-refractivity contribution in [3.8, 4) is 23.0 Å². The van der Waals surface area contributed by atoms with E-state index in [9.17, 15) is 20.2 Å². The zero-order valence-electron chi connectivity index (χ0n) is 30.8. The molecule has 0 radical (unpaired) electrons. The molecular formula is C38H31Cl4F2N5O8. The van der Waals surface area contributed by atoms with Crippen molar-refractivity contribution in [1.29, 1.82) is 0 Å². The summed E-state index contributed by atoms with van der Waals surface area (Å²) in [6.07, 6.45) is -0.418. The van der Waals surface area contributed by atoms with Gasteiger partial charge in [-0.1, -0.05) is 76.7 Å². The fraction of sp³-hybridized carbons (Fsp3) is 0.263. The summed E-state index contributed by atoms with van der Waals surface area (Å²) < 4.78 is 57.1. The van der Waals surface area contributed by atoms with Crippen LogP contribution < -0.4 is 23.8 Å². The van der Waals surface area contributed by atoms with Crippen LogP contribution in [-0.2, 0) is 5.41 Å². The zero-order valence-corrected chi connectivity index (χ0v) is 33.9. The number of halogens is 6. The lowest BCUT2D eigenvalue weighted by Gasteiger charge is -2.43. The number of para-hydroxylation sites is 2. The number of aliphatic imine (C=N–C) groups is 2. The van der Waals surface area contributed by atoms with E-state index in [0.29, 0.717) is 11.1 Å². The third kappa shape index (κ3) is 6.85. The SMILES string of the molecule is COc1cc(OC)c(Cl)c(C2(c3c(Cl)c(OC)cc(OC)c3Cl)C=C3C=NC(N(c4c(C)cccc4[N+](=O)[O-])c4c(C)cccc4[N+](=O)[O-])N=C3C(F)(F)C2)c1Cl. The molecule has 13 nitrogen and oxygen atoms in total. The van der Waals surface area contributed by atoms with Gasteiger partial charge in [0.2, 0.25) is 6.29 Å². The van der Waals surface area contributed by atoms with Crippen LogP contribution in [0.4, 0.5) is 31.5 Å². The maximum absolute atomic E-state index is 17.5. The molecule has 1 atom stereocenters. The molecule has 1 unspecified atom stereocenters. The first-order valence-electron chi connectivity index (χ1n) is 16.7. The van der Waals surface area contributed by atoms with Gasteiger partial charge < -0.3 is 18.9 Å². The number of nitro benzene ring substituents is 2. The molecule has 0 saturated carbocycles. The van der Waals surface area contributed by atoms with Crippen LogP contribution >= 0.6 is 46.4 Å². The van der Waals surface area contributed by atoms with Crippen molar-refractivity contribution in [3.05, 3.63) is 123 Å². The number of hydrogen-bond donors (Lipinski definition) is 0. The Labute approximate surface area is 344 Å². The quantitative estimate of drug-likeness (QED) is 0.106. The summed E-state index contributed by atoms with van der Waals surface area (Å²) in [7, 11) is 5.26. The van der Waals surface area contributed by atoms with Crippen LogP contribution in [-0.4, -0.2) is 62.4 Å². The third-order valence-electron chi connectivity index (χ3n) is 9.69. The van der Waals surface area contributed by atoms with Crippen molar-refractivity contribution in [1.82, 2.24) is 0 Å². The van der Waals surface area contributed by atoms with E-state index in [1.807, 2.05) is 0 Å². The first-order chi connectivity index (χ1) is 27.0. The van der Waals surface area contributed by atoms with Crippen LogP contribution in [0.3, 0.4) is 0 Å². The first-order valence-corrected chi connectivity index (χ1v) is 18.2. The van der Waals surface area contributed by atoms with E-state index < -0.39 is 51.0 Å². The smallest absolute Gasteiger partial charge is 0.293 e. The molecule has 1 heterocycles. The molecule has 0 bridgehead atoms. The summed E-state index contributed by atoms with van der Waals surface area (Å²) in [6, 6.07) is 11.1. The number of alkyl halides is 2. The number of hydrogen-bond acceptors (Lipinski definition) is 11. The molecule has 0 saturated heterocycles. The minimum absolute atomic E-state index is 0.0169. The van der Waals surface area contributed by atoms with Crippen molar-refractivity contribution in [3.63, 3.8) is 0 Å². The number of aryl methyl sites for hydroxylation is 2. The maximum atomic E-state index is 17.5. The molecule has 4 aromatic carbocycles. The van der Waals surface area contributed by atoms with Gasteiger partial charge in [-0.2, -0.15) is 8.78 Å². The number of allylic oxidation sites excluding steroid dienone is 2. The highest BCUT2D eigenvalue weighted by Gasteiger charge is 2.56. The van der Waals surface area contributed by atoms with Crippen LogP contribution in [0.1, 0.15) is 28.7 Å². The number of anilines is 2. The summed E-state index contributed by atoms with van der Waals surface area (Å²) in [4.78, 5) is 33.6. The van der Waals surface area contributed by atoms with Crippen LogP contribution in [0.5, 0.6) is 23.0 Å². The van der Waals surface area contributed by atoms with E-state index in [4.69, 9.17) is 65.4 Å². The number of methoxy groups -OCH3 is 4. The molecule has 1 aliphatic heterocycles. The molecule has 2 aliphatic rings. The second kappa shape index (κ2) is 15.6. The molecule has 4 aromatic rings. The second-order valence-electron chi connectivity index (χ2n) is 12.9. The minimum atomic E-state index is -3.93. The summed E-state index contributed by atoms with van der Waals surface area (Å²) in [5.41, 5.74) is -4.08. The molecule has 0 fully saturated rings. The Morgan fingerprint density at radius 3 is 1.51 bits per heavy atom. The Morgan fingerprint density at radius 2 is 1.14 bits per heavy atom. The van der Waals surface area contributed by atoms with Gasteiger partial charge in [0.25, 0.3) is 17.3 Å². The van der Waals surface area contributed by atoms with Crippen molar-refractivity contribution in [2.45, 2.75) is 37.9 Å². The zero-order chi connectivity index (χ0) is 41.7. The minimum Gasteiger partial charge on any atom is -0.495 e. The van der Waals surface area contributed by atoms with E-state index in [1.165, 1.54) is 70.9 Å². The topological polar surface area (TPSA) is 151 Å². The van der Waals surface area contributed by atoms with Gasteiger partial charge in [0.15, 0.2) is 0 Å². The molecule has 57 heavy (non-hydrogen) atoms. The van der Waals surface area contributed by atoms with Crippen LogP contribution in [0.2, 0.25) is 20.1 Å². The third-order valence-corrected chi connectivity index (χ3v) is 11.2. The Balaban J connectivity index is 1.72. The van der Waals surface area contributed by atoms with Crippen LogP contribution in [0.25, 0.3) is 0 Å². The standard InChI is InChI=1S/C38H31Cl4F2N5O8/c1-18-9-7-11-21(48(50)51)33(18)47(34-19(2)10-8-12-22(34)49(52)53)36-45-16-20-15-37(17-38(43,44)35(20)46-36,27-29(39)23(54-3)13-24(55-4)30(27)40)28-31(41)25(56-5)14-26(57-6)32(28)42/h7-16,36H,17H2,1-6H3. The van der Waals surface area contributed by atoms with Crippen molar-refractivity contribution < 1.29 is 37.6 Å². The summed E-state index contributed by atoms with van der Waals surface area (Å²) in [6.45, 7) is 3.08. The lowest BCUT2D eigenvalue weighted by atomic mass is 9.65. The fourth-order valence-corrected chi connectivity index (χ4v) is 8.95. The van der Waals surface area contributed by atoms with E-state index in [-0.39, 0.29) is 71.2 Å². The molecule has 1 aliphatic carbocycles. The number of nitrogens with zero attached hydrogens (tertiary/aromatic N) is 5. The van der Waals surface area contributed by atoms with E-state index >= 15 is 8.78 Å². The number of ether oxygens (including phenoxy) is 4. The van der Waals surface area contributed by atoms with Gasteiger partial charge in [-0.15, -0.1) is 0 Å². The second-order valence-corrected chi connectivity index (χ2v) is 14.4. The Morgan fingerprint density at radius 1 is 0.737 bits per heavy atom. The van der Waals surface area contributed by atoms with Gasteiger partial charge in [-0.3, -0.25) is 25.1 Å². The van der Waals surface area contributed by atoms with E-state index in [1.54, 1.807) is 26.0 Å². The van der Waals surface area contributed by atoms with E-state index in [2.05, 4.69) is 9.98 Å². The Hall–Kier alpha value is -5.22. The normalized spacial score (nSPS) is 16.5. The van der Waals surface area contributed by atoms with Gasteiger partial charge in [0.05, 0.1) is 63.8 Å². The fourth-order valence-electron chi connectivity index (χ4n) is 7.27. The van der Waals surface area contributed by atoms with Gasteiger partial charge in [0.1, 0.15) is 40.1 Å². The Kier molecular flexibility index (Phi) is 11.3. The van der Waals surface area contributed by atoms with Gasteiger partial charge in [-0.05, 0) is 25.0 Å². The van der Waals surface area contributed by atoms with Gasteiger partial charge in [0, 0.05) is 53.6 Å². The molecule has 19 heteroatoms. The summed E-state index contributed by atoms with van der Waals surface area (Å²) >= 11 is 27.9. The number of nitro groups is 2. The number of benzene rings is 4. The molecule has 0 aromatic heterocycles. The van der Waals surface area contributed by atoms with Crippen molar-refractivity contribution >= 4 is 81.1 Å². The monoisotopic (exact) mass is 863 g/mol. The number of rotatable bonds is 11. The van der Waals surface area contributed by atoms with Crippen LogP contribution in [0.15, 0.2) is 70.2 Å².